The highest BCUT2D eigenvalue weighted by atomic mass is 19.3. The number of imidazole rings is 1. The van der Waals surface area contributed by atoms with Crippen molar-refractivity contribution in [2.45, 2.75) is 33.5 Å². The Kier molecular flexibility index (Phi) is 7.96. The summed E-state index contributed by atoms with van der Waals surface area (Å²) in [4.78, 5) is 12.8. The largest absolute Gasteiger partial charge is 0.490 e. The maximum Gasteiger partial charge on any atom is 0.387 e. The molecule has 10 heteroatoms. The molecule has 2 aromatic heterocycles. The van der Waals surface area contributed by atoms with Crippen LogP contribution in [0.15, 0.2) is 53.9 Å². The number of ether oxygens (including phenoxy) is 2. The topological polar surface area (TPSA) is 85.6 Å². The van der Waals surface area contributed by atoms with E-state index in [1.165, 1.54) is 0 Å². The maximum absolute atomic E-state index is 12.9. The Morgan fingerprint density at radius 2 is 1.97 bits per heavy atom. The molecule has 3 rings (SSSR count). The summed E-state index contributed by atoms with van der Waals surface area (Å²) in [6.45, 7) is 1.78. The average Bonchev–Trinajstić information content (AvgIpc) is 3.21. The van der Waals surface area contributed by atoms with Gasteiger partial charge >= 0.3 is 6.61 Å². The molecule has 0 radical (unpaired) electrons. The molecular weight excluding hydrogens is 418 g/mol. The van der Waals surface area contributed by atoms with Crippen molar-refractivity contribution in [1.82, 2.24) is 25.2 Å². The lowest BCUT2D eigenvalue weighted by Gasteiger charge is -2.17. The van der Waals surface area contributed by atoms with Crippen molar-refractivity contribution in [3.05, 3.63) is 65.9 Å². The third kappa shape index (κ3) is 5.93. The smallest absolute Gasteiger partial charge is 0.387 e. The highest BCUT2D eigenvalue weighted by molar-refractivity contribution is 5.79. The van der Waals surface area contributed by atoms with Crippen LogP contribution in [0.25, 0.3) is 5.82 Å². The molecule has 0 aliphatic carbocycles. The zero-order valence-electron chi connectivity index (χ0n) is 18.2. The molecule has 0 aliphatic heterocycles. The molecule has 0 atom stereocenters. The quantitative estimate of drug-likeness (QED) is 0.389. The Bertz CT molecular complexity index is 1040. The van der Waals surface area contributed by atoms with Crippen molar-refractivity contribution < 1.29 is 18.3 Å². The number of nitrogens with one attached hydrogen (secondary N) is 2. The highest BCUT2D eigenvalue weighted by Crippen LogP contribution is 2.32. The number of para-hydroxylation sites is 1. The van der Waals surface area contributed by atoms with Crippen molar-refractivity contribution in [2.24, 2.45) is 4.99 Å². The lowest BCUT2D eigenvalue weighted by atomic mass is 10.2. The molecule has 0 amide bonds. The highest BCUT2D eigenvalue weighted by Gasteiger charge is 2.16. The second-order valence-electron chi connectivity index (χ2n) is 6.70. The molecule has 3 aromatic rings. The third-order valence-electron chi connectivity index (χ3n) is 4.58. The number of nitrogens with zero attached hydrogens (tertiary/aromatic N) is 4. The number of hydrogen-bond acceptors (Lipinski definition) is 5. The molecule has 8 nitrogen and oxygen atoms in total. The third-order valence-corrected chi connectivity index (χ3v) is 4.58. The number of hydrogen-bond donors (Lipinski definition) is 2. The van der Waals surface area contributed by atoms with Gasteiger partial charge in [0.15, 0.2) is 17.5 Å². The molecule has 32 heavy (non-hydrogen) atoms. The Balaban J connectivity index is 1.61. The van der Waals surface area contributed by atoms with E-state index in [0.717, 1.165) is 17.2 Å². The number of rotatable bonds is 9. The lowest BCUT2D eigenvalue weighted by molar-refractivity contribution is -0.0520. The van der Waals surface area contributed by atoms with Crippen LogP contribution >= 0.6 is 0 Å². The van der Waals surface area contributed by atoms with Crippen LogP contribution in [0.5, 0.6) is 11.5 Å². The summed E-state index contributed by atoms with van der Waals surface area (Å²) in [6.07, 6.45) is 5.35. The second kappa shape index (κ2) is 11.1. The van der Waals surface area contributed by atoms with Crippen molar-refractivity contribution in [3.63, 3.8) is 0 Å². The molecule has 2 heterocycles. The van der Waals surface area contributed by atoms with Crippen LogP contribution in [0.1, 0.15) is 23.9 Å². The van der Waals surface area contributed by atoms with Crippen molar-refractivity contribution in [1.29, 1.82) is 0 Å². The van der Waals surface area contributed by atoms with Gasteiger partial charge in [0.1, 0.15) is 11.6 Å². The van der Waals surface area contributed by atoms with Gasteiger partial charge in [-0.25, -0.2) is 9.97 Å². The average molecular weight is 444 g/mol. The van der Waals surface area contributed by atoms with Gasteiger partial charge in [-0.2, -0.15) is 8.78 Å². The fraction of sp³-hybridized carbons (Fsp3) is 0.318. The fourth-order valence-electron chi connectivity index (χ4n) is 3.06. The normalized spacial score (nSPS) is 11.5. The molecule has 0 bridgehead atoms. The van der Waals surface area contributed by atoms with Gasteiger partial charge in [-0.3, -0.25) is 9.56 Å². The van der Waals surface area contributed by atoms with Crippen LogP contribution in [0.4, 0.5) is 8.78 Å². The van der Waals surface area contributed by atoms with Crippen LogP contribution in [0, 0.1) is 6.92 Å². The van der Waals surface area contributed by atoms with E-state index in [1.807, 2.05) is 29.8 Å². The summed E-state index contributed by atoms with van der Waals surface area (Å²) in [6, 6.07) is 8.89. The monoisotopic (exact) mass is 444 g/mol. The van der Waals surface area contributed by atoms with Crippen LogP contribution in [-0.4, -0.2) is 40.8 Å². The Hall–Kier alpha value is -3.69. The molecule has 2 N–H and O–H groups in total. The first-order valence-electron chi connectivity index (χ1n) is 10.1. The number of benzene rings is 1. The zero-order valence-corrected chi connectivity index (χ0v) is 18.2. The minimum atomic E-state index is -2.95. The van der Waals surface area contributed by atoms with Gasteiger partial charge in [-0.15, -0.1) is 0 Å². The summed E-state index contributed by atoms with van der Waals surface area (Å²) < 4.78 is 37.8. The van der Waals surface area contributed by atoms with E-state index in [1.54, 1.807) is 44.6 Å². The molecule has 0 fully saturated rings. The van der Waals surface area contributed by atoms with Gasteiger partial charge in [0.2, 0.25) is 0 Å². The van der Waals surface area contributed by atoms with Gasteiger partial charge in [0, 0.05) is 44.3 Å². The molecule has 1 aromatic carbocycles. The molecular formula is C22H26F2N6O2. The molecule has 0 aliphatic rings. The number of aromatic nitrogens is 3. The first-order valence-corrected chi connectivity index (χ1v) is 10.1. The second-order valence-corrected chi connectivity index (χ2v) is 6.70. The molecule has 170 valence electrons. The molecule has 0 saturated carbocycles. The van der Waals surface area contributed by atoms with Crippen LogP contribution < -0.4 is 20.1 Å². The van der Waals surface area contributed by atoms with Gasteiger partial charge < -0.3 is 20.1 Å². The Labute approximate surface area is 185 Å². The van der Waals surface area contributed by atoms with Crippen molar-refractivity contribution in [2.75, 3.05) is 13.7 Å². The van der Waals surface area contributed by atoms with Crippen molar-refractivity contribution >= 4 is 5.96 Å². The van der Waals surface area contributed by atoms with Gasteiger partial charge in [-0.1, -0.05) is 18.2 Å². The van der Waals surface area contributed by atoms with E-state index in [4.69, 9.17) is 9.47 Å². The predicted molar refractivity (Wildman–Crippen MR) is 117 cm³/mol. The fourth-order valence-corrected chi connectivity index (χ4v) is 3.06. The van der Waals surface area contributed by atoms with Crippen LogP contribution in [0.2, 0.25) is 0 Å². The molecule has 0 saturated heterocycles. The summed E-state index contributed by atoms with van der Waals surface area (Å²) >= 11 is 0. The van der Waals surface area contributed by atoms with E-state index < -0.39 is 6.61 Å². The minimum Gasteiger partial charge on any atom is -0.490 e. The van der Waals surface area contributed by atoms with Crippen molar-refractivity contribution in [3.8, 4) is 17.3 Å². The number of aryl methyl sites for hydroxylation is 1. The number of aliphatic imine (C=N–C) groups is 1. The summed E-state index contributed by atoms with van der Waals surface area (Å²) in [5, 5.41) is 6.29. The van der Waals surface area contributed by atoms with E-state index in [2.05, 4.69) is 25.6 Å². The van der Waals surface area contributed by atoms with E-state index in [-0.39, 0.29) is 18.0 Å². The Morgan fingerprint density at radius 3 is 2.59 bits per heavy atom. The number of halogens is 2. The van der Waals surface area contributed by atoms with E-state index >= 15 is 0 Å². The van der Waals surface area contributed by atoms with Gasteiger partial charge in [0.05, 0.1) is 6.61 Å². The minimum absolute atomic E-state index is 0.0156. The van der Waals surface area contributed by atoms with E-state index in [9.17, 15) is 8.78 Å². The molecule has 0 spiro atoms. The van der Waals surface area contributed by atoms with Crippen LogP contribution in [-0.2, 0) is 13.1 Å². The lowest BCUT2D eigenvalue weighted by Crippen LogP contribution is -2.36. The first kappa shape index (κ1) is 23.0. The SMILES string of the molecule is CCOc1cccc(CNC(=NC)NCc2ccc(-n3ccnc3C)nc2)c1OC(F)F. The van der Waals surface area contributed by atoms with E-state index in [0.29, 0.717) is 24.7 Å². The first-order chi connectivity index (χ1) is 15.5. The van der Waals surface area contributed by atoms with Gasteiger partial charge in [-0.05, 0) is 31.5 Å². The van der Waals surface area contributed by atoms with Gasteiger partial charge in [0.25, 0.3) is 0 Å². The maximum atomic E-state index is 12.9. The van der Waals surface area contributed by atoms with Crippen LogP contribution in [0.3, 0.4) is 0 Å². The summed E-state index contributed by atoms with van der Waals surface area (Å²) in [5.41, 5.74) is 1.48. The predicted octanol–water partition coefficient (Wildman–Crippen LogP) is 3.44. The number of guanidine groups is 1. The zero-order chi connectivity index (χ0) is 22.9. The number of alkyl halides is 2. The summed E-state index contributed by atoms with van der Waals surface area (Å²) in [7, 11) is 1.63. The Morgan fingerprint density at radius 1 is 1.16 bits per heavy atom. The summed E-state index contributed by atoms with van der Waals surface area (Å²) in [5.74, 6) is 2.43. The molecule has 0 unspecified atom stereocenters. The number of pyridine rings is 1. The standard InChI is InChI=1S/C22H26F2N6O2/c1-4-31-18-7-5-6-17(20(18)32-21(23)24)14-29-22(25-3)28-13-16-8-9-19(27-12-16)30-11-10-26-15(30)2/h5-12,21H,4,13-14H2,1-3H3,(H2,25,28,29).